The van der Waals surface area contributed by atoms with Crippen molar-refractivity contribution in [2.24, 2.45) is 0 Å². The average molecular weight is 258 g/mol. The molecule has 1 aromatic carbocycles. The van der Waals surface area contributed by atoms with Crippen molar-refractivity contribution < 1.29 is 14.6 Å². The second-order valence-corrected chi connectivity index (χ2v) is 3.49. The smallest absolute Gasteiger partial charge is 0.163 e. The van der Waals surface area contributed by atoms with E-state index in [0.717, 1.165) is 0 Å². The Labute approximate surface area is 96.1 Å². The van der Waals surface area contributed by atoms with Gasteiger partial charge in [0.2, 0.25) is 0 Å². The number of hydrogen-bond acceptors (Lipinski definition) is 3. The second-order valence-electron chi connectivity index (χ2n) is 2.36. The van der Waals surface area contributed by atoms with Crippen molar-refractivity contribution in [3.8, 4) is 17.2 Å². The van der Waals surface area contributed by atoms with E-state index < -0.39 is 0 Å². The highest BCUT2D eigenvalue weighted by Gasteiger charge is 2.22. The van der Waals surface area contributed by atoms with Gasteiger partial charge in [0.05, 0.1) is 14.2 Å². The third-order valence-corrected chi connectivity index (χ3v) is 2.67. The van der Waals surface area contributed by atoms with Crippen molar-refractivity contribution >= 4 is 34.8 Å². The van der Waals surface area contributed by atoms with Crippen LogP contribution < -0.4 is 9.47 Å². The Kier molecular flexibility index (Phi) is 3.59. The second kappa shape index (κ2) is 4.34. The zero-order valence-electron chi connectivity index (χ0n) is 7.40. The van der Waals surface area contributed by atoms with E-state index in [1.807, 2.05) is 0 Å². The summed E-state index contributed by atoms with van der Waals surface area (Å²) in [5.41, 5.74) is 0. The molecule has 1 N–H and O–H groups in total. The van der Waals surface area contributed by atoms with Gasteiger partial charge in [-0.1, -0.05) is 34.8 Å². The van der Waals surface area contributed by atoms with Crippen molar-refractivity contribution in [2.75, 3.05) is 14.2 Å². The van der Waals surface area contributed by atoms with Crippen LogP contribution >= 0.6 is 34.8 Å². The minimum absolute atomic E-state index is 0.0386. The standard InChI is InChI=1S/C8H7Cl3O3/c1-13-7-3(9)6(12)4(10)8(14-2)5(7)11/h12H,1-2H3. The molecule has 1 rings (SSSR count). The molecule has 1 aromatic rings. The lowest BCUT2D eigenvalue weighted by molar-refractivity contribution is 0.386. The summed E-state index contributed by atoms with van der Waals surface area (Å²) in [6, 6.07) is 0. The number of ether oxygens (including phenoxy) is 2. The molecule has 14 heavy (non-hydrogen) atoms. The molecule has 0 unspecified atom stereocenters. The van der Waals surface area contributed by atoms with E-state index in [9.17, 15) is 5.11 Å². The fourth-order valence-corrected chi connectivity index (χ4v) is 1.99. The monoisotopic (exact) mass is 256 g/mol. The maximum Gasteiger partial charge on any atom is 0.163 e. The first-order valence-corrected chi connectivity index (χ1v) is 4.65. The SMILES string of the molecule is COc1c(Cl)c(O)c(Cl)c(OC)c1Cl. The average Bonchev–Trinajstić information content (AvgIpc) is 2.16. The van der Waals surface area contributed by atoms with E-state index in [0.29, 0.717) is 0 Å². The lowest BCUT2D eigenvalue weighted by atomic mass is 10.3. The number of benzene rings is 1. The highest BCUT2D eigenvalue weighted by atomic mass is 35.5. The van der Waals surface area contributed by atoms with Crippen LogP contribution in [0.1, 0.15) is 0 Å². The molecule has 0 radical (unpaired) electrons. The highest BCUT2D eigenvalue weighted by molar-refractivity contribution is 6.43. The maximum absolute atomic E-state index is 9.47. The molecule has 0 saturated heterocycles. The van der Waals surface area contributed by atoms with Crippen molar-refractivity contribution in [2.45, 2.75) is 0 Å². The molecule has 0 amide bonds. The Bertz CT molecular complexity index is 334. The molecular formula is C8H7Cl3O3. The van der Waals surface area contributed by atoms with Gasteiger partial charge in [-0.15, -0.1) is 0 Å². The Hall–Kier alpha value is -0.510. The summed E-state index contributed by atoms with van der Waals surface area (Å²) in [4.78, 5) is 0. The Morgan fingerprint density at radius 1 is 0.857 bits per heavy atom. The molecule has 0 aliphatic rings. The molecule has 0 bridgehead atoms. The summed E-state index contributed by atoms with van der Waals surface area (Å²) in [6.07, 6.45) is 0. The molecule has 6 heteroatoms. The van der Waals surface area contributed by atoms with Crippen LogP contribution in [0.15, 0.2) is 0 Å². The van der Waals surface area contributed by atoms with Crippen LogP contribution in [0.3, 0.4) is 0 Å². The number of methoxy groups -OCH3 is 2. The zero-order valence-corrected chi connectivity index (χ0v) is 9.67. The minimum atomic E-state index is -0.313. The molecule has 3 nitrogen and oxygen atoms in total. The number of phenols is 1. The van der Waals surface area contributed by atoms with E-state index in [1.54, 1.807) is 0 Å². The van der Waals surface area contributed by atoms with Crippen LogP contribution in [-0.2, 0) is 0 Å². The van der Waals surface area contributed by atoms with E-state index in [1.165, 1.54) is 14.2 Å². The lowest BCUT2D eigenvalue weighted by Crippen LogP contribution is -1.92. The minimum Gasteiger partial charge on any atom is -0.505 e. The molecule has 0 atom stereocenters. The summed E-state index contributed by atoms with van der Waals surface area (Å²) in [5, 5.41) is 9.52. The van der Waals surface area contributed by atoms with Crippen LogP contribution in [0, 0.1) is 0 Å². The van der Waals surface area contributed by atoms with Gasteiger partial charge in [0.15, 0.2) is 17.2 Å². The maximum atomic E-state index is 9.47. The van der Waals surface area contributed by atoms with Gasteiger partial charge >= 0.3 is 0 Å². The van der Waals surface area contributed by atoms with Crippen LogP contribution in [0.2, 0.25) is 15.1 Å². The van der Waals surface area contributed by atoms with Gasteiger partial charge in [-0.05, 0) is 0 Å². The first-order chi connectivity index (χ1) is 6.54. The van der Waals surface area contributed by atoms with Crippen LogP contribution in [0.4, 0.5) is 0 Å². The fourth-order valence-electron chi connectivity index (χ4n) is 0.966. The van der Waals surface area contributed by atoms with Gasteiger partial charge in [-0.3, -0.25) is 0 Å². The Balaban J connectivity index is 3.56. The van der Waals surface area contributed by atoms with Gasteiger partial charge in [-0.25, -0.2) is 0 Å². The quantitative estimate of drug-likeness (QED) is 0.883. The Morgan fingerprint density at radius 2 is 1.21 bits per heavy atom. The predicted molar refractivity (Wildman–Crippen MR) is 56.2 cm³/mol. The summed E-state index contributed by atoms with van der Waals surface area (Å²) < 4.78 is 9.78. The van der Waals surface area contributed by atoms with Crippen molar-refractivity contribution in [1.82, 2.24) is 0 Å². The van der Waals surface area contributed by atoms with Crippen LogP contribution in [0.5, 0.6) is 17.2 Å². The van der Waals surface area contributed by atoms with Crippen LogP contribution in [-0.4, -0.2) is 19.3 Å². The van der Waals surface area contributed by atoms with Gasteiger partial charge in [0.1, 0.15) is 15.1 Å². The predicted octanol–water partition coefficient (Wildman–Crippen LogP) is 3.37. The molecular weight excluding hydrogens is 250 g/mol. The topological polar surface area (TPSA) is 38.7 Å². The van der Waals surface area contributed by atoms with Crippen molar-refractivity contribution in [3.63, 3.8) is 0 Å². The summed E-state index contributed by atoms with van der Waals surface area (Å²) in [7, 11) is 2.75. The van der Waals surface area contributed by atoms with Gasteiger partial charge < -0.3 is 14.6 Å². The van der Waals surface area contributed by atoms with Gasteiger partial charge in [-0.2, -0.15) is 0 Å². The molecule has 0 heterocycles. The number of halogens is 3. The molecule has 0 spiro atoms. The lowest BCUT2D eigenvalue weighted by Gasteiger charge is -2.13. The van der Waals surface area contributed by atoms with E-state index in [2.05, 4.69) is 0 Å². The summed E-state index contributed by atoms with van der Waals surface area (Å²) >= 11 is 17.3. The zero-order chi connectivity index (χ0) is 10.9. The molecule has 0 saturated carbocycles. The number of aromatic hydroxyl groups is 1. The molecule has 0 fully saturated rings. The summed E-state index contributed by atoms with van der Waals surface area (Å²) in [5.74, 6) is -0.0504. The first kappa shape index (κ1) is 11.6. The van der Waals surface area contributed by atoms with E-state index in [4.69, 9.17) is 44.3 Å². The van der Waals surface area contributed by atoms with E-state index >= 15 is 0 Å². The van der Waals surface area contributed by atoms with E-state index in [-0.39, 0.29) is 32.3 Å². The fraction of sp³-hybridized carbons (Fsp3) is 0.250. The van der Waals surface area contributed by atoms with Crippen LogP contribution in [0.25, 0.3) is 0 Å². The van der Waals surface area contributed by atoms with Crippen molar-refractivity contribution in [1.29, 1.82) is 0 Å². The molecule has 0 aromatic heterocycles. The van der Waals surface area contributed by atoms with Crippen molar-refractivity contribution in [3.05, 3.63) is 15.1 Å². The third-order valence-electron chi connectivity index (χ3n) is 1.62. The van der Waals surface area contributed by atoms with Gasteiger partial charge in [0, 0.05) is 0 Å². The number of phenolic OH excluding ortho intramolecular Hbond substituents is 1. The largest absolute Gasteiger partial charge is 0.505 e. The summed E-state index contributed by atoms with van der Waals surface area (Å²) in [6.45, 7) is 0. The van der Waals surface area contributed by atoms with Gasteiger partial charge in [0.25, 0.3) is 0 Å². The Morgan fingerprint density at radius 3 is 1.50 bits per heavy atom. The highest BCUT2D eigenvalue weighted by Crippen LogP contribution is 2.50. The molecule has 78 valence electrons. The normalized spacial score (nSPS) is 10.1. The molecule has 0 aliphatic heterocycles. The number of hydrogen-bond donors (Lipinski definition) is 1. The first-order valence-electron chi connectivity index (χ1n) is 3.52. The number of rotatable bonds is 2. The molecule has 0 aliphatic carbocycles. The third kappa shape index (κ3) is 1.67.